The lowest BCUT2D eigenvalue weighted by Crippen LogP contribution is -2.42. The summed E-state index contributed by atoms with van der Waals surface area (Å²) in [7, 11) is 0. The molecular weight excluding hydrogens is 547 g/mol. The first-order chi connectivity index (χ1) is 19.2. The number of hydrogen-bond acceptors (Lipinski definition) is 7. The third kappa shape index (κ3) is 6.90. The molecule has 4 rings (SSSR count). The first-order valence-corrected chi connectivity index (χ1v) is 12.1. The average Bonchev–Trinajstić information content (AvgIpc) is 3.16. The van der Waals surface area contributed by atoms with Crippen molar-refractivity contribution in [1.82, 2.24) is 4.98 Å². The Kier molecular flexibility index (Phi) is 7.85. The van der Waals surface area contributed by atoms with Gasteiger partial charge in [-0.15, -0.1) is 0 Å². The van der Waals surface area contributed by atoms with Gasteiger partial charge >= 0.3 is 24.3 Å². The van der Waals surface area contributed by atoms with E-state index in [1.807, 2.05) is 0 Å². The number of ether oxygens (including phenoxy) is 2. The van der Waals surface area contributed by atoms with Gasteiger partial charge in [0.15, 0.2) is 5.69 Å². The minimum atomic E-state index is -4.77. The Labute approximate surface area is 231 Å². The van der Waals surface area contributed by atoms with Gasteiger partial charge in [-0.3, -0.25) is 4.79 Å². The van der Waals surface area contributed by atoms with Crippen molar-refractivity contribution in [2.24, 2.45) is 5.73 Å². The lowest BCUT2D eigenvalue weighted by molar-refractivity contribution is -0.137. The van der Waals surface area contributed by atoms with E-state index in [2.05, 4.69) is 20.4 Å². The summed E-state index contributed by atoms with van der Waals surface area (Å²) in [6.45, 7) is 3.40. The van der Waals surface area contributed by atoms with E-state index >= 15 is 0 Å². The van der Waals surface area contributed by atoms with Crippen LogP contribution >= 0.6 is 0 Å². The Morgan fingerprint density at radius 1 is 0.976 bits per heavy atom. The van der Waals surface area contributed by atoms with Gasteiger partial charge in [0.1, 0.15) is 11.5 Å². The Morgan fingerprint density at radius 3 is 2.24 bits per heavy atom. The third-order valence-corrected chi connectivity index (χ3v) is 6.09. The molecule has 41 heavy (non-hydrogen) atoms. The van der Waals surface area contributed by atoms with Crippen LogP contribution in [-0.2, 0) is 15.7 Å². The van der Waals surface area contributed by atoms with Gasteiger partial charge in [-0.2, -0.15) is 13.2 Å². The average molecular weight is 572 g/mol. The number of rotatable bonds is 6. The molecule has 14 heteroatoms. The summed E-state index contributed by atoms with van der Waals surface area (Å²) in [5.74, 6) is -0.959. The van der Waals surface area contributed by atoms with Crippen molar-refractivity contribution < 1.29 is 41.8 Å². The number of urea groups is 1. The molecule has 1 aliphatic heterocycles. The van der Waals surface area contributed by atoms with E-state index in [0.29, 0.717) is 17.9 Å². The fraction of sp³-hybridized carbons (Fsp3) is 0.222. The number of halogens is 3. The summed E-state index contributed by atoms with van der Waals surface area (Å²) in [6.07, 6.45) is -4.23. The molecule has 0 atom stereocenters. The molecule has 0 radical (unpaired) electrons. The van der Waals surface area contributed by atoms with Gasteiger partial charge in [-0.1, -0.05) is 0 Å². The van der Waals surface area contributed by atoms with Gasteiger partial charge in [0.05, 0.1) is 11.3 Å². The highest BCUT2D eigenvalue weighted by molar-refractivity contribution is 6.01. The molecule has 2 aromatic carbocycles. The van der Waals surface area contributed by atoms with Gasteiger partial charge in [-0.05, 0) is 68.8 Å². The molecule has 2 heterocycles. The number of carbonyl (C=O) groups is 4. The maximum absolute atomic E-state index is 13.9. The van der Waals surface area contributed by atoms with Gasteiger partial charge in [0, 0.05) is 35.6 Å². The zero-order valence-corrected chi connectivity index (χ0v) is 21.7. The minimum absolute atomic E-state index is 0.119. The quantitative estimate of drug-likeness (QED) is 0.254. The fourth-order valence-electron chi connectivity index (χ4n) is 4.24. The molecule has 214 valence electrons. The number of alkyl halides is 3. The van der Waals surface area contributed by atoms with Crippen molar-refractivity contribution in [3.8, 4) is 11.5 Å². The number of amides is 4. The monoisotopic (exact) mass is 571 g/mol. The highest BCUT2D eigenvalue weighted by Gasteiger charge is 2.44. The highest BCUT2D eigenvalue weighted by atomic mass is 19.4. The molecule has 0 unspecified atom stereocenters. The van der Waals surface area contributed by atoms with E-state index in [4.69, 9.17) is 10.5 Å². The van der Waals surface area contributed by atoms with Crippen molar-refractivity contribution in [1.29, 1.82) is 0 Å². The first kappa shape index (κ1) is 28.9. The molecule has 0 spiro atoms. The van der Waals surface area contributed by atoms with Crippen LogP contribution in [0.5, 0.6) is 11.5 Å². The summed E-state index contributed by atoms with van der Waals surface area (Å²) >= 11 is 0. The SMILES string of the molecule is CC1(C)CCC(=O)N1c1ccc(NC(=O)Nc2ccc(Oc3ccnc(C(=O)OC(N)=O)c3)cc2)cc1C(F)(F)F. The van der Waals surface area contributed by atoms with Crippen molar-refractivity contribution >= 4 is 41.1 Å². The standard InChI is InChI=1S/C27H24F3N5O6/c1-26(2)11-9-22(36)35(26)21-8-5-16(13-19(21)27(28,29)30)34-25(39)33-15-3-6-17(7-4-15)40-18-10-12-32-20(14-18)23(37)41-24(31)38/h3-8,10,12-14H,9,11H2,1-2H3,(H2,31,38)(H2,33,34,39). The predicted molar refractivity (Wildman–Crippen MR) is 141 cm³/mol. The number of benzene rings is 2. The molecule has 0 aliphatic carbocycles. The summed E-state index contributed by atoms with van der Waals surface area (Å²) in [5, 5.41) is 4.87. The second-order valence-corrected chi connectivity index (χ2v) is 9.56. The van der Waals surface area contributed by atoms with Crippen LogP contribution in [0.15, 0.2) is 60.8 Å². The number of nitrogens with zero attached hydrogens (tertiary/aromatic N) is 2. The summed E-state index contributed by atoms with van der Waals surface area (Å²) in [6, 6.07) is 11.1. The fourth-order valence-corrected chi connectivity index (χ4v) is 4.24. The number of nitrogens with two attached hydrogens (primary N) is 1. The van der Waals surface area contributed by atoms with Gasteiger partial charge < -0.3 is 30.7 Å². The molecule has 11 nitrogen and oxygen atoms in total. The van der Waals surface area contributed by atoms with Crippen molar-refractivity contribution in [3.05, 3.63) is 72.1 Å². The summed E-state index contributed by atoms with van der Waals surface area (Å²) in [5.41, 5.74) is 2.69. The Morgan fingerprint density at radius 2 is 1.63 bits per heavy atom. The Bertz CT molecular complexity index is 1510. The predicted octanol–water partition coefficient (Wildman–Crippen LogP) is 5.68. The van der Waals surface area contributed by atoms with Crippen LogP contribution in [0.25, 0.3) is 0 Å². The van der Waals surface area contributed by atoms with Crippen molar-refractivity contribution in [3.63, 3.8) is 0 Å². The van der Waals surface area contributed by atoms with Crippen LogP contribution in [0.3, 0.4) is 0 Å². The number of carbonyl (C=O) groups excluding carboxylic acids is 4. The van der Waals surface area contributed by atoms with Gasteiger partial charge in [0.2, 0.25) is 5.91 Å². The van der Waals surface area contributed by atoms with E-state index in [1.54, 1.807) is 13.8 Å². The van der Waals surface area contributed by atoms with Gasteiger partial charge in [-0.25, -0.2) is 19.4 Å². The largest absolute Gasteiger partial charge is 0.457 e. The summed E-state index contributed by atoms with van der Waals surface area (Å²) < 4.78 is 51.7. The number of primary amides is 1. The maximum atomic E-state index is 13.9. The van der Waals surface area contributed by atoms with E-state index < -0.39 is 41.3 Å². The van der Waals surface area contributed by atoms with E-state index in [-0.39, 0.29) is 29.2 Å². The number of esters is 1. The molecular formula is C27H24F3N5O6. The first-order valence-electron chi connectivity index (χ1n) is 12.1. The second kappa shape index (κ2) is 11.2. The smallest absolute Gasteiger partial charge is 0.418 e. The second-order valence-electron chi connectivity index (χ2n) is 9.56. The van der Waals surface area contributed by atoms with Crippen LogP contribution in [0.2, 0.25) is 0 Å². The van der Waals surface area contributed by atoms with Crippen molar-refractivity contribution in [2.45, 2.75) is 38.4 Å². The topological polar surface area (TPSA) is 153 Å². The van der Waals surface area contributed by atoms with E-state index in [9.17, 15) is 32.3 Å². The minimum Gasteiger partial charge on any atom is -0.457 e. The maximum Gasteiger partial charge on any atom is 0.418 e. The number of aromatic nitrogens is 1. The molecule has 3 aromatic rings. The van der Waals surface area contributed by atoms with E-state index in [1.165, 1.54) is 54.7 Å². The molecule has 1 aliphatic rings. The zero-order valence-electron chi connectivity index (χ0n) is 21.7. The number of pyridine rings is 1. The van der Waals surface area contributed by atoms with Crippen LogP contribution < -0.4 is 26.0 Å². The Hall–Kier alpha value is -5.14. The zero-order chi connectivity index (χ0) is 29.9. The van der Waals surface area contributed by atoms with Crippen molar-refractivity contribution in [2.75, 3.05) is 15.5 Å². The van der Waals surface area contributed by atoms with Crippen LogP contribution in [0, 0.1) is 0 Å². The molecule has 1 saturated heterocycles. The lowest BCUT2D eigenvalue weighted by Gasteiger charge is -2.33. The molecule has 0 saturated carbocycles. The lowest BCUT2D eigenvalue weighted by atomic mass is 10.00. The van der Waals surface area contributed by atoms with E-state index in [0.717, 1.165) is 11.0 Å². The molecule has 0 bridgehead atoms. The molecule has 4 amide bonds. The normalized spacial score (nSPS) is 14.4. The van der Waals surface area contributed by atoms with Gasteiger partial charge in [0.25, 0.3) is 0 Å². The van der Waals surface area contributed by atoms with Crippen LogP contribution in [-0.4, -0.2) is 34.5 Å². The third-order valence-electron chi connectivity index (χ3n) is 6.09. The Balaban J connectivity index is 1.42. The number of nitrogens with one attached hydrogen (secondary N) is 2. The highest BCUT2D eigenvalue weighted by Crippen LogP contribution is 2.43. The molecule has 1 aromatic heterocycles. The van der Waals surface area contributed by atoms with Crippen LogP contribution in [0.4, 0.5) is 39.8 Å². The summed E-state index contributed by atoms with van der Waals surface area (Å²) in [4.78, 5) is 52.3. The van der Waals surface area contributed by atoms with Crippen LogP contribution in [0.1, 0.15) is 42.7 Å². The number of anilines is 3. The molecule has 4 N–H and O–H groups in total. The molecule has 1 fully saturated rings. The number of hydrogen-bond donors (Lipinski definition) is 3.